The summed E-state index contributed by atoms with van der Waals surface area (Å²) < 4.78 is 21.2. The minimum Gasteiger partial charge on any atom is -0.481 e. The molecule has 0 aromatic rings. The Balaban J connectivity index is 3.67. The van der Waals surface area contributed by atoms with Gasteiger partial charge in [-0.05, 0) is 25.5 Å². The van der Waals surface area contributed by atoms with Crippen LogP contribution in [-0.4, -0.2) is 149 Å². The molecule has 7 N–H and O–H groups in total. The van der Waals surface area contributed by atoms with E-state index in [1.165, 1.54) is 11.8 Å². The van der Waals surface area contributed by atoms with Crippen LogP contribution in [0.25, 0.3) is 0 Å². The second-order valence-electron chi connectivity index (χ2n) is 11.9. The number of unbranched alkanes of at least 4 members (excludes halogenated alkanes) is 7. The summed E-state index contributed by atoms with van der Waals surface area (Å²) in [4.78, 5) is 81.2. The number of aliphatic carboxylic acids is 2. The molecule has 0 unspecified atom stereocenters. The molecule has 1 atom stereocenters. The molecule has 19 heteroatoms. The summed E-state index contributed by atoms with van der Waals surface area (Å²) in [6.07, 6.45) is 9.15. The predicted octanol–water partition coefficient (Wildman–Crippen LogP) is 0.216. The molecule has 5 amide bonds. The lowest BCUT2D eigenvalue weighted by atomic mass is 10.1. The van der Waals surface area contributed by atoms with Gasteiger partial charge in [-0.15, -0.1) is 0 Å². The molecule has 0 spiro atoms. The Hall–Kier alpha value is -3.52. The molecule has 0 saturated heterocycles. The summed E-state index contributed by atoms with van der Waals surface area (Å²) in [5, 5.41) is 31.1. The Morgan fingerprint density at radius 3 is 1.47 bits per heavy atom. The molecule has 53 heavy (non-hydrogen) atoms. The number of carboxylic acids is 2. The Morgan fingerprint density at radius 1 is 0.509 bits per heavy atom. The number of hydrogen-bond acceptors (Lipinski definition) is 12. The molecule has 18 nitrogen and oxygen atoms in total. The standard InChI is InChI=1S/C34H61N5O13S/c1-53-26-32(44)36-15-14-35-30(42)24-51-22-21-50-19-17-38-31(43)25-52-23-20-49-18-16-37-28(40)13-12-27(34(47)48)39-29(41)10-8-6-4-2-3-5-7-9-11-33(45)46/h27H,2-26H2,1H3,(H,35,42)(H,36,44)(H,37,40)(H,38,43)(H,39,41)(H,45,46)(H,47,48)/t27-/m0/s1. The number of ether oxygens (including phenoxy) is 4. The first-order valence-corrected chi connectivity index (χ1v) is 19.5. The lowest BCUT2D eigenvalue weighted by Gasteiger charge is -2.14. The highest BCUT2D eigenvalue weighted by atomic mass is 32.2. The molecule has 0 aliphatic heterocycles. The Bertz CT molecular complexity index is 1050. The van der Waals surface area contributed by atoms with E-state index in [2.05, 4.69) is 26.6 Å². The highest BCUT2D eigenvalue weighted by molar-refractivity contribution is 7.99. The molecule has 0 heterocycles. The lowest BCUT2D eigenvalue weighted by molar-refractivity contribution is -0.142. The second kappa shape index (κ2) is 35.5. The molecule has 0 aliphatic rings. The van der Waals surface area contributed by atoms with Gasteiger partial charge in [-0.2, -0.15) is 11.8 Å². The third kappa shape index (κ3) is 35.3. The number of carbonyl (C=O) groups is 7. The fraction of sp³-hybridized carbons (Fsp3) is 0.794. The van der Waals surface area contributed by atoms with Crippen LogP contribution in [0.1, 0.15) is 77.0 Å². The second-order valence-corrected chi connectivity index (χ2v) is 12.7. The van der Waals surface area contributed by atoms with E-state index in [1.54, 1.807) is 0 Å². The number of carboxylic acid groups (broad SMARTS) is 2. The summed E-state index contributed by atoms with van der Waals surface area (Å²) in [6, 6.07) is -1.16. The van der Waals surface area contributed by atoms with Gasteiger partial charge in [0.15, 0.2) is 0 Å². The molecule has 0 saturated carbocycles. The molecule has 306 valence electrons. The van der Waals surface area contributed by atoms with Gasteiger partial charge in [0.2, 0.25) is 29.5 Å². The Morgan fingerprint density at radius 2 is 0.962 bits per heavy atom. The SMILES string of the molecule is CSCC(=O)NCCNC(=O)COCCOCCNC(=O)COCCOCCNC(=O)CC[C@H](NC(=O)CCCCCCCCCCC(=O)O)C(=O)O. The van der Waals surface area contributed by atoms with Gasteiger partial charge in [0, 0.05) is 45.4 Å². The highest BCUT2D eigenvalue weighted by Crippen LogP contribution is 2.11. The summed E-state index contributed by atoms with van der Waals surface area (Å²) in [7, 11) is 0. The zero-order valence-corrected chi connectivity index (χ0v) is 31.9. The molecule has 0 fully saturated rings. The summed E-state index contributed by atoms with van der Waals surface area (Å²) in [5.74, 6) is -3.06. The van der Waals surface area contributed by atoms with Gasteiger partial charge in [-0.3, -0.25) is 28.8 Å². The zero-order valence-electron chi connectivity index (χ0n) is 31.0. The van der Waals surface area contributed by atoms with E-state index in [-0.39, 0.29) is 121 Å². The number of carbonyl (C=O) groups excluding carboxylic acids is 5. The van der Waals surface area contributed by atoms with Crippen molar-refractivity contribution in [3.63, 3.8) is 0 Å². The van der Waals surface area contributed by atoms with Gasteiger partial charge in [-0.1, -0.05) is 38.5 Å². The number of thioether (sulfide) groups is 1. The van der Waals surface area contributed by atoms with Crippen molar-refractivity contribution in [2.24, 2.45) is 0 Å². The van der Waals surface area contributed by atoms with Gasteiger partial charge in [-0.25, -0.2) is 4.79 Å². The van der Waals surface area contributed by atoms with E-state index >= 15 is 0 Å². The summed E-state index contributed by atoms with van der Waals surface area (Å²) in [5.41, 5.74) is 0. The zero-order chi connectivity index (χ0) is 39.4. The van der Waals surface area contributed by atoms with Crippen molar-refractivity contribution in [1.82, 2.24) is 26.6 Å². The summed E-state index contributed by atoms with van der Waals surface area (Å²) >= 11 is 1.42. The maximum atomic E-state index is 12.2. The van der Waals surface area contributed by atoms with Crippen molar-refractivity contribution in [3.8, 4) is 0 Å². The normalized spacial score (nSPS) is 11.3. The molecule has 0 aromatic heterocycles. The monoisotopic (exact) mass is 779 g/mol. The topological polar surface area (TPSA) is 257 Å². The van der Waals surface area contributed by atoms with Gasteiger partial charge in [0.25, 0.3) is 0 Å². The molecule has 0 rings (SSSR count). The van der Waals surface area contributed by atoms with Crippen LogP contribution in [0.15, 0.2) is 0 Å². The van der Waals surface area contributed by atoms with E-state index in [0.29, 0.717) is 31.7 Å². The fourth-order valence-electron chi connectivity index (χ4n) is 4.49. The first kappa shape index (κ1) is 49.5. The third-order valence-electron chi connectivity index (χ3n) is 7.23. The van der Waals surface area contributed by atoms with Gasteiger partial charge < -0.3 is 55.7 Å². The third-order valence-corrected chi connectivity index (χ3v) is 7.78. The average Bonchev–Trinajstić information content (AvgIpc) is 3.11. The average molecular weight is 780 g/mol. The van der Waals surface area contributed by atoms with Crippen molar-refractivity contribution >= 4 is 53.2 Å². The van der Waals surface area contributed by atoms with Crippen LogP contribution in [0, 0.1) is 0 Å². The first-order chi connectivity index (χ1) is 25.5. The fourth-order valence-corrected chi connectivity index (χ4v) is 4.86. The van der Waals surface area contributed by atoms with Crippen molar-refractivity contribution < 1.29 is 62.7 Å². The number of rotatable bonds is 37. The molecular weight excluding hydrogens is 718 g/mol. The van der Waals surface area contributed by atoms with Crippen molar-refractivity contribution in [3.05, 3.63) is 0 Å². The Kier molecular flexibility index (Phi) is 33.1. The van der Waals surface area contributed by atoms with Crippen LogP contribution >= 0.6 is 11.8 Å². The quantitative estimate of drug-likeness (QED) is 0.0417. The van der Waals surface area contributed by atoms with Crippen molar-refractivity contribution in [1.29, 1.82) is 0 Å². The van der Waals surface area contributed by atoms with E-state index in [9.17, 15) is 38.7 Å². The number of nitrogens with one attached hydrogen (secondary N) is 5. The van der Waals surface area contributed by atoms with Crippen LogP contribution in [0.3, 0.4) is 0 Å². The number of amides is 5. The lowest BCUT2D eigenvalue weighted by Crippen LogP contribution is -2.41. The largest absolute Gasteiger partial charge is 0.481 e. The maximum Gasteiger partial charge on any atom is 0.326 e. The minimum atomic E-state index is -1.21. The molecule has 0 aromatic carbocycles. The van der Waals surface area contributed by atoms with Crippen LogP contribution < -0.4 is 26.6 Å². The van der Waals surface area contributed by atoms with Crippen LogP contribution in [-0.2, 0) is 52.5 Å². The van der Waals surface area contributed by atoms with Crippen LogP contribution in [0.4, 0.5) is 0 Å². The smallest absolute Gasteiger partial charge is 0.326 e. The van der Waals surface area contributed by atoms with Crippen LogP contribution in [0.2, 0.25) is 0 Å². The van der Waals surface area contributed by atoms with E-state index in [4.69, 9.17) is 24.1 Å². The van der Waals surface area contributed by atoms with Gasteiger partial charge in [0.05, 0.1) is 45.4 Å². The number of hydrogen-bond donors (Lipinski definition) is 7. The van der Waals surface area contributed by atoms with Gasteiger partial charge in [0.1, 0.15) is 19.3 Å². The van der Waals surface area contributed by atoms with Gasteiger partial charge >= 0.3 is 11.9 Å². The molecule has 0 radical (unpaired) electrons. The molecular formula is C34H61N5O13S. The van der Waals surface area contributed by atoms with E-state index in [1.807, 2.05) is 6.26 Å². The van der Waals surface area contributed by atoms with Crippen LogP contribution in [0.5, 0.6) is 0 Å². The highest BCUT2D eigenvalue weighted by Gasteiger charge is 2.20. The molecule has 0 aliphatic carbocycles. The predicted molar refractivity (Wildman–Crippen MR) is 196 cm³/mol. The summed E-state index contributed by atoms with van der Waals surface area (Å²) in [6.45, 7) is 2.06. The van der Waals surface area contributed by atoms with E-state index < -0.39 is 18.0 Å². The minimum absolute atomic E-state index is 0.0460. The maximum absolute atomic E-state index is 12.2. The first-order valence-electron chi connectivity index (χ1n) is 18.2. The van der Waals surface area contributed by atoms with E-state index in [0.717, 1.165) is 38.5 Å². The van der Waals surface area contributed by atoms with Crippen molar-refractivity contribution in [2.45, 2.75) is 83.1 Å². The Labute approximate surface area is 316 Å². The van der Waals surface area contributed by atoms with Crippen molar-refractivity contribution in [2.75, 3.05) is 91.0 Å². The molecule has 0 bridgehead atoms.